The van der Waals surface area contributed by atoms with Crippen molar-refractivity contribution in [2.45, 2.75) is 59.5 Å². The van der Waals surface area contributed by atoms with Gasteiger partial charge in [0.1, 0.15) is 12.6 Å². The maximum absolute atomic E-state index is 13.8. The van der Waals surface area contributed by atoms with Gasteiger partial charge >= 0.3 is 0 Å². The molecule has 36 heavy (non-hydrogen) atoms. The van der Waals surface area contributed by atoms with Gasteiger partial charge in [-0.3, -0.25) is 13.9 Å². The summed E-state index contributed by atoms with van der Waals surface area (Å²) in [5, 5.41) is 3.70. The van der Waals surface area contributed by atoms with Gasteiger partial charge < -0.3 is 10.2 Å². The second-order valence-corrected chi connectivity index (χ2v) is 11.6. The smallest absolute Gasteiger partial charge is 0.244 e. The van der Waals surface area contributed by atoms with Crippen LogP contribution >= 0.6 is 23.2 Å². The fourth-order valence-electron chi connectivity index (χ4n) is 3.84. The molecular weight excluding hydrogens is 521 g/mol. The van der Waals surface area contributed by atoms with E-state index in [1.54, 1.807) is 31.2 Å². The van der Waals surface area contributed by atoms with E-state index in [1.165, 1.54) is 4.90 Å². The van der Waals surface area contributed by atoms with E-state index in [4.69, 9.17) is 23.2 Å². The van der Waals surface area contributed by atoms with Crippen LogP contribution in [0.1, 0.15) is 49.8 Å². The Labute approximate surface area is 224 Å². The molecule has 1 N–H and O–H groups in total. The molecule has 1 atom stereocenters. The van der Waals surface area contributed by atoms with E-state index in [1.807, 2.05) is 32.9 Å². The van der Waals surface area contributed by atoms with E-state index >= 15 is 0 Å². The zero-order chi connectivity index (χ0) is 27.0. The van der Waals surface area contributed by atoms with Crippen LogP contribution in [0.15, 0.2) is 36.4 Å². The Bertz CT molecular complexity index is 1190. The number of amides is 2. The first-order valence-corrected chi connectivity index (χ1v) is 14.6. The van der Waals surface area contributed by atoms with Crippen LogP contribution in [-0.2, 0) is 26.2 Å². The van der Waals surface area contributed by atoms with Crippen molar-refractivity contribution in [1.82, 2.24) is 10.2 Å². The summed E-state index contributed by atoms with van der Waals surface area (Å²) in [6.07, 6.45) is 3.14. The van der Waals surface area contributed by atoms with Gasteiger partial charge in [0.2, 0.25) is 21.8 Å². The summed E-state index contributed by atoms with van der Waals surface area (Å²) >= 11 is 12.4. The average molecular weight is 557 g/mol. The van der Waals surface area contributed by atoms with Gasteiger partial charge in [-0.15, -0.1) is 0 Å². The molecule has 0 aliphatic rings. The number of hydrogen-bond donors (Lipinski definition) is 1. The lowest BCUT2D eigenvalue weighted by atomic mass is 10.1. The van der Waals surface area contributed by atoms with Crippen LogP contribution in [0.4, 0.5) is 5.69 Å². The molecule has 7 nitrogen and oxygen atoms in total. The van der Waals surface area contributed by atoms with Gasteiger partial charge in [-0.1, -0.05) is 61.7 Å². The second kappa shape index (κ2) is 13.3. The van der Waals surface area contributed by atoms with Crippen LogP contribution < -0.4 is 9.62 Å². The first-order chi connectivity index (χ1) is 16.9. The Hall–Kier alpha value is -2.29. The highest BCUT2D eigenvalue weighted by molar-refractivity contribution is 7.92. The van der Waals surface area contributed by atoms with E-state index in [-0.39, 0.29) is 12.5 Å². The van der Waals surface area contributed by atoms with Crippen molar-refractivity contribution in [3.63, 3.8) is 0 Å². The second-order valence-electron chi connectivity index (χ2n) is 8.89. The van der Waals surface area contributed by atoms with E-state index in [0.717, 1.165) is 34.5 Å². The zero-order valence-corrected chi connectivity index (χ0v) is 23.8. The highest BCUT2D eigenvalue weighted by atomic mass is 35.5. The maximum atomic E-state index is 13.8. The fourth-order valence-corrected chi connectivity index (χ4v) is 5.21. The van der Waals surface area contributed by atoms with Gasteiger partial charge in [0.25, 0.3) is 0 Å². The van der Waals surface area contributed by atoms with Gasteiger partial charge in [0.05, 0.1) is 11.9 Å². The number of nitrogens with zero attached hydrogens (tertiary/aromatic N) is 2. The molecule has 198 valence electrons. The van der Waals surface area contributed by atoms with Crippen molar-refractivity contribution in [2.75, 3.05) is 23.7 Å². The van der Waals surface area contributed by atoms with Crippen molar-refractivity contribution in [2.24, 2.45) is 0 Å². The highest BCUT2D eigenvalue weighted by Crippen LogP contribution is 2.26. The summed E-state index contributed by atoms with van der Waals surface area (Å²) in [5.41, 5.74) is 2.61. The third-order valence-corrected chi connectivity index (χ3v) is 7.60. The number of rotatable bonds is 12. The number of carbonyl (C=O) groups is 2. The van der Waals surface area contributed by atoms with Crippen molar-refractivity contribution in [3.05, 3.63) is 63.1 Å². The molecule has 0 bridgehead atoms. The van der Waals surface area contributed by atoms with Crippen LogP contribution in [0.5, 0.6) is 0 Å². The van der Waals surface area contributed by atoms with Crippen molar-refractivity contribution >= 4 is 50.7 Å². The molecule has 0 aliphatic carbocycles. The Morgan fingerprint density at radius 1 is 1.06 bits per heavy atom. The van der Waals surface area contributed by atoms with Crippen LogP contribution in [0.3, 0.4) is 0 Å². The van der Waals surface area contributed by atoms with Crippen molar-refractivity contribution in [1.29, 1.82) is 0 Å². The zero-order valence-electron chi connectivity index (χ0n) is 21.5. The minimum atomic E-state index is -3.80. The number of anilines is 1. The summed E-state index contributed by atoms with van der Waals surface area (Å²) in [5.74, 6) is -0.799. The molecule has 0 unspecified atom stereocenters. The Balaban J connectivity index is 2.48. The molecule has 0 aliphatic heterocycles. The van der Waals surface area contributed by atoms with Crippen LogP contribution in [-0.4, -0.2) is 50.5 Å². The Kier molecular flexibility index (Phi) is 11.1. The topological polar surface area (TPSA) is 86.8 Å². The van der Waals surface area contributed by atoms with Crippen LogP contribution in [0.2, 0.25) is 10.0 Å². The lowest BCUT2D eigenvalue weighted by Crippen LogP contribution is -2.52. The first-order valence-electron chi connectivity index (χ1n) is 11.9. The number of aryl methyl sites for hydroxylation is 2. The number of sulfonamides is 1. The maximum Gasteiger partial charge on any atom is 0.244 e. The monoisotopic (exact) mass is 555 g/mol. The number of hydrogen-bond acceptors (Lipinski definition) is 4. The van der Waals surface area contributed by atoms with Gasteiger partial charge in [0, 0.05) is 23.1 Å². The van der Waals surface area contributed by atoms with E-state index in [9.17, 15) is 18.0 Å². The molecule has 0 saturated heterocycles. The largest absolute Gasteiger partial charge is 0.354 e. The van der Waals surface area contributed by atoms with E-state index < -0.39 is 28.5 Å². The Morgan fingerprint density at radius 3 is 2.33 bits per heavy atom. The van der Waals surface area contributed by atoms with Gasteiger partial charge in [-0.05, 0) is 61.6 Å². The molecule has 2 amide bonds. The van der Waals surface area contributed by atoms with Gasteiger partial charge in [-0.25, -0.2) is 8.42 Å². The summed E-state index contributed by atoms with van der Waals surface area (Å²) < 4.78 is 26.7. The average Bonchev–Trinajstić information content (AvgIpc) is 2.79. The predicted octanol–water partition coefficient (Wildman–Crippen LogP) is 5.10. The molecule has 10 heteroatoms. The normalized spacial score (nSPS) is 12.2. The number of benzene rings is 2. The molecule has 2 rings (SSSR count). The van der Waals surface area contributed by atoms with E-state index in [0.29, 0.717) is 34.3 Å². The molecule has 0 heterocycles. The molecule has 0 fully saturated rings. The third-order valence-electron chi connectivity index (χ3n) is 5.88. The summed E-state index contributed by atoms with van der Waals surface area (Å²) in [6, 6.07) is 9.55. The first kappa shape index (κ1) is 29.9. The predicted molar refractivity (Wildman–Crippen MR) is 147 cm³/mol. The molecular formula is C26H35Cl2N3O4S. The number of halogens is 2. The number of nitrogens with one attached hydrogen (secondary N) is 1. The van der Waals surface area contributed by atoms with Gasteiger partial charge in [0.15, 0.2) is 0 Å². The molecule has 0 aromatic heterocycles. The molecule has 2 aromatic rings. The summed E-state index contributed by atoms with van der Waals surface area (Å²) in [7, 11) is -3.80. The summed E-state index contributed by atoms with van der Waals surface area (Å²) in [6.45, 7) is 7.55. The lowest BCUT2D eigenvalue weighted by molar-refractivity contribution is -0.140. The van der Waals surface area contributed by atoms with Crippen LogP contribution in [0.25, 0.3) is 0 Å². The SMILES string of the molecule is CCCCNC(=O)[C@@H](CC)N(Cc1ccc(Cl)cc1Cl)C(=O)CN(c1cc(C)ccc1C)S(C)(=O)=O. The van der Waals surface area contributed by atoms with Crippen molar-refractivity contribution < 1.29 is 18.0 Å². The minimum Gasteiger partial charge on any atom is -0.354 e. The quantitative estimate of drug-likeness (QED) is 0.369. The summed E-state index contributed by atoms with van der Waals surface area (Å²) in [4.78, 5) is 28.2. The lowest BCUT2D eigenvalue weighted by Gasteiger charge is -2.33. The van der Waals surface area contributed by atoms with Gasteiger partial charge in [-0.2, -0.15) is 0 Å². The van der Waals surface area contributed by atoms with Crippen LogP contribution in [0, 0.1) is 13.8 Å². The molecule has 0 radical (unpaired) electrons. The minimum absolute atomic E-state index is 0.0267. The number of unbranched alkanes of at least 4 members (excludes halogenated alkanes) is 1. The Morgan fingerprint density at radius 2 is 1.75 bits per heavy atom. The fraction of sp³-hybridized carbons (Fsp3) is 0.462. The number of carbonyl (C=O) groups excluding carboxylic acids is 2. The molecule has 2 aromatic carbocycles. The highest BCUT2D eigenvalue weighted by Gasteiger charge is 2.32. The molecule has 0 saturated carbocycles. The van der Waals surface area contributed by atoms with E-state index in [2.05, 4.69) is 5.32 Å². The third kappa shape index (κ3) is 8.11. The standard InChI is InChI=1S/C26H35Cl2N3O4S/c1-6-8-13-29-26(33)23(7-2)30(16-20-11-12-21(27)15-22(20)28)25(32)17-31(36(5,34)35)24-14-18(3)9-10-19(24)4/h9-12,14-15,23H,6-8,13,16-17H2,1-5H3,(H,29,33)/t23-/m1/s1. The molecule has 0 spiro atoms. The van der Waals surface area contributed by atoms with Crippen molar-refractivity contribution in [3.8, 4) is 0 Å².